The molecule has 0 aliphatic rings. The molecule has 0 atom stereocenters. The first-order chi connectivity index (χ1) is 10.4. The molecule has 0 spiro atoms. The molecule has 0 aliphatic heterocycles. The predicted octanol–water partition coefficient (Wildman–Crippen LogP) is 3.29. The lowest BCUT2D eigenvalue weighted by Crippen LogP contribution is -2.56. The number of amides is 2. The van der Waals surface area contributed by atoms with Crippen molar-refractivity contribution in [2.75, 3.05) is 14.1 Å². The van der Waals surface area contributed by atoms with E-state index in [1.807, 2.05) is 30.3 Å². The molecule has 23 heavy (non-hydrogen) atoms. The Balaban J connectivity index is 2.80. The van der Waals surface area contributed by atoms with Crippen molar-refractivity contribution in [3.05, 3.63) is 35.9 Å². The number of rotatable bonds is 4. The van der Waals surface area contributed by atoms with E-state index < -0.39 is 17.2 Å². The number of carbonyl (C=O) groups is 2. The minimum absolute atomic E-state index is 0.144. The van der Waals surface area contributed by atoms with Gasteiger partial charge in [-0.2, -0.15) is 0 Å². The summed E-state index contributed by atoms with van der Waals surface area (Å²) in [7, 11) is 3.32. The van der Waals surface area contributed by atoms with Gasteiger partial charge < -0.3 is 9.64 Å². The van der Waals surface area contributed by atoms with Crippen molar-refractivity contribution in [3.63, 3.8) is 0 Å². The lowest BCUT2D eigenvalue weighted by Gasteiger charge is -2.37. The van der Waals surface area contributed by atoms with Gasteiger partial charge in [0.2, 0.25) is 5.91 Å². The molecular weight excluding hydrogens is 292 g/mol. The summed E-state index contributed by atoms with van der Waals surface area (Å²) in [6.45, 7) is 9.34. The maximum Gasteiger partial charge on any atom is 0.410 e. The molecule has 0 bridgehead atoms. The summed E-state index contributed by atoms with van der Waals surface area (Å²) >= 11 is 0. The maximum atomic E-state index is 12.8. The summed E-state index contributed by atoms with van der Waals surface area (Å²) in [6.07, 6.45) is -0.510. The van der Waals surface area contributed by atoms with Crippen LogP contribution in [0.5, 0.6) is 0 Å². The van der Waals surface area contributed by atoms with Crippen LogP contribution in [0.3, 0.4) is 0 Å². The average Bonchev–Trinajstić information content (AvgIpc) is 2.44. The Bertz CT molecular complexity index is 547. The molecule has 5 nitrogen and oxygen atoms in total. The van der Waals surface area contributed by atoms with Crippen LogP contribution in [-0.2, 0) is 16.1 Å². The Labute approximate surface area is 139 Å². The van der Waals surface area contributed by atoms with Crippen molar-refractivity contribution in [2.45, 2.75) is 52.3 Å². The summed E-state index contributed by atoms with van der Waals surface area (Å²) in [5.74, 6) is -0.144. The lowest BCUT2D eigenvalue weighted by molar-refractivity contribution is -0.140. The highest BCUT2D eigenvalue weighted by molar-refractivity contribution is 5.89. The third-order valence-electron chi connectivity index (χ3n) is 3.64. The highest BCUT2D eigenvalue weighted by Crippen LogP contribution is 2.20. The Hall–Kier alpha value is -2.04. The van der Waals surface area contributed by atoms with Crippen molar-refractivity contribution < 1.29 is 14.3 Å². The van der Waals surface area contributed by atoms with Crippen LogP contribution in [0.25, 0.3) is 0 Å². The van der Waals surface area contributed by atoms with Crippen molar-refractivity contribution in [1.29, 1.82) is 0 Å². The third kappa shape index (κ3) is 5.27. The van der Waals surface area contributed by atoms with Gasteiger partial charge in [-0.15, -0.1) is 0 Å². The number of hydrogen-bond donors (Lipinski definition) is 0. The molecule has 0 saturated carbocycles. The molecule has 1 aromatic rings. The fraction of sp³-hybridized carbons (Fsp3) is 0.556. The van der Waals surface area contributed by atoms with Crippen molar-refractivity contribution in [1.82, 2.24) is 9.80 Å². The highest BCUT2D eigenvalue weighted by Gasteiger charge is 2.39. The van der Waals surface area contributed by atoms with E-state index in [2.05, 4.69) is 0 Å². The Morgan fingerprint density at radius 2 is 1.52 bits per heavy atom. The van der Waals surface area contributed by atoms with Gasteiger partial charge in [0.05, 0.1) is 0 Å². The van der Waals surface area contributed by atoms with Gasteiger partial charge >= 0.3 is 6.09 Å². The van der Waals surface area contributed by atoms with Crippen molar-refractivity contribution in [2.24, 2.45) is 0 Å². The summed E-state index contributed by atoms with van der Waals surface area (Å²) in [5, 5.41) is 0. The van der Waals surface area contributed by atoms with Crippen LogP contribution in [0.2, 0.25) is 0 Å². The van der Waals surface area contributed by atoms with Gasteiger partial charge in [0.25, 0.3) is 0 Å². The van der Waals surface area contributed by atoms with Crippen LogP contribution in [0, 0.1) is 0 Å². The normalized spacial score (nSPS) is 11.8. The predicted molar refractivity (Wildman–Crippen MR) is 91.0 cm³/mol. The number of hydrogen-bond acceptors (Lipinski definition) is 3. The topological polar surface area (TPSA) is 49.9 Å². The van der Waals surface area contributed by atoms with E-state index in [0.717, 1.165) is 5.56 Å². The number of ether oxygens (including phenoxy) is 1. The number of nitrogens with zero attached hydrogens (tertiary/aromatic N) is 2. The van der Waals surface area contributed by atoms with Crippen LogP contribution in [-0.4, -0.2) is 47.0 Å². The maximum absolute atomic E-state index is 12.8. The zero-order valence-corrected chi connectivity index (χ0v) is 15.2. The molecule has 2 amide bonds. The largest absolute Gasteiger partial charge is 0.444 e. The van der Waals surface area contributed by atoms with Gasteiger partial charge in [-0.25, -0.2) is 4.79 Å². The van der Waals surface area contributed by atoms with Gasteiger partial charge in [-0.05, 0) is 40.2 Å². The zero-order chi connectivity index (χ0) is 17.8. The standard InChI is InChI=1S/C18H28N2O3/c1-17(2,3)23-16(22)20(7)18(4,5)15(21)19(6)13-14-11-9-8-10-12-14/h8-12H,13H2,1-7H3. The second-order valence-corrected chi connectivity index (χ2v) is 7.25. The Morgan fingerprint density at radius 3 is 2.00 bits per heavy atom. The number of carbonyl (C=O) groups excluding carboxylic acids is 2. The summed E-state index contributed by atoms with van der Waals surface area (Å²) < 4.78 is 5.35. The third-order valence-corrected chi connectivity index (χ3v) is 3.64. The first-order valence-electron chi connectivity index (χ1n) is 7.71. The van der Waals surface area contributed by atoms with Crippen LogP contribution in [0.15, 0.2) is 30.3 Å². The molecule has 0 radical (unpaired) electrons. The van der Waals surface area contributed by atoms with E-state index in [0.29, 0.717) is 6.54 Å². The van der Waals surface area contributed by atoms with Gasteiger partial charge in [-0.3, -0.25) is 9.69 Å². The van der Waals surface area contributed by atoms with Crippen molar-refractivity contribution in [3.8, 4) is 0 Å². The first kappa shape index (κ1) is 19.0. The Morgan fingerprint density at radius 1 is 1.00 bits per heavy atom. The van der Waals surface area contributed by atoms with E-state index in [4.69, 9.17) is 4.74 Å². The van der Waals surface area contributed by atoms with Gasteiger partial charge in [0, 0.05) is 20.6 Å². The fourth-order valence-corrected chi connectivity index (χ4v) is 2.10. The summed E-state index contributed by atoms with van der Waals surface area (Å²) in [5.41, 5.74) is -0.550. The van der Waals surface area contributed by atoms with Crippen LogP contribution < -0.4 is 0 Å². The monoisotopic (exact) mass is 320 g/mol. The van der Waals surface area contributed by atoms with Crippen LogP contribution in [0.4, 0.5) is 4.79 Å². The molecule has 1 aromatic carbocycles. The molecule has 0 aliphatic carbocycles. The molecule has 0 saturated heterocycles. The van der Waals surface area contributed by atoms with Crippen molar-refractivity contribution >= 4 is 12.0 Å². The summed E-state index contributed by atoms with van der Waals surface area (Å²) in [4.78, 5) is 28.0. The summed E-state index contributed by atoms with van der Waals surface area (Å²) in [6, 6.07) is 9.74. The van der Waals surface area contributed by atoms with E-state index in [1.165, 1.54) is 4.90 Å². The smallest absolute Gasteiger partial charge is 0.410 e. The van der Waals surface area contributed by atoms with Gasteiger partial charge in [-0.1, -0.05) is 30.3 Å². The van der Waals surface area contributed by atoms with E-state index in [1.54, 1.807) is 53.6 Å². The second-order valence-electron chi connectivity index (χ2n) is 7.25. The van der Waals surface area contributed by atoms with Crippen LogP contribution >= 0.6 is 0 Å². The molecular formula is C18H28N2O3. The lowest BCUT2D eigenvalue weighted by atomic mass is 10.0. The molecule has 0 N–H and O–H groups in total. The average molecular weight is 320 g/mol. The highest BCUT2D eigenvalue weighted by atomic mass is 16.6. The second kappa shape index (κ2) is 7.02. The minimum atomic E-state index is -0.994. The number of likely N-dealkylation sites (N-methyl/N-ethyl adjacent to an activating group) is 2. The fourth-order valence-electron chi connectivity index (χ4n) is 2.10. The molecule has 128 valence electrons. The Kier molecular flexibility index (Phi) is 5.81. The molecule has 5 heteroatoms. The zero-order valence-electron chi connectivity index (χ0n) is 15.2. The molecule has 0 heterocycles. The van der Waals surface area contributed by atoms with Gasteiger partial charge in [0.15, 0.2) is 0 Å². The van der Waals surface area contributed by atoms with E-state index in [9.17, 15) is 9.59 Å². The minimum Gasteiger partial charge on any atom is -0.444 e. The molecule has 0 aromatic heterocycles. The van der Waals surface area contributed by atoms with Crippen LogP contribution in [0.1, 0.15) is 40.2 Å². The molecule has 1 rings (SSSR count). The SMILES string of the molecule is CN(Cc1ccccc1)C(=O)C(C)(C)N(C)C(=O)OC(C)(C)C. The first-order valence-corrected chi connectivity index (χ1v) is 7.71. The number of benzene rings is 1. The van der Waals surface area contributed by atoms with Gasteiger partial charge in [0.1, 0.15) is 11.1 Å². The quantitative estimate of drug-likeness (QED) is 0.855. The molecule has 0 fully saturated rings. The van der Waals surface area contributed by atoms with E-state index >= 15 is 0 Å². The van der Waals surface area contributed by atoms with E-state index in [-0.39, 0.29) is 5.91 Å². The molecule has 0 unspecified atom stereocenters.